The van der Waals surface area contributed by atoms with Crippen LogP contribution in [0.15, 0.2) is 12.4 Å². The van der Waals surface area contributed by atoms with Crippen LogP contribution in [0, 0.1) is 0 Å². The quantitative estimate of drug-likeness (QED) is 0.632. The summed E-state index contributed by atoms with van der Waals surface area (Å²) in [4.78, 5) is 0. The normalized spacial score (nSPS) is 26.4. The van der Waals surface area contributed by atoms with E-state index in [1.54, 1.807) is 0 Å². The van der Waals surface area contributed by atoms with E-state index in [9.17, 15) is 0 Å². The van der Waals surface area contributed by atoms with Gasteiger partial charge in [0.05, 0.1) is 18.4 Å². The van der Waals surface area contributed by atoms with Gasteiger partial charge in [0.25, 0.3) is 0 Å². The van der Waals surface area contributed by atoms with Crippen molar-refractivity contribution in [3.8, 4) is 0 Å². The third-order valence-electron chi connectivity index (χ3n) is 2.80. The van der Waals surface area contributed by atoms with E-state index in [4.69, 9.17) is 4.74 Å². The molecule has 2 rings (SSSR count). The van der Waals surface area contributed by atoms with Crippen molar-refractivity contribution in [1.29, 1.82) is 0 Å². The predicted molar refractivity (Wildman–Crippen MR) is 68.3 cm³/mol. The summed E-state index contributed by atoms with van der Waals surface area (Å²) in [6.45, 7) is 4.28. The van der Waals surface area contributed by atoms with Crippen molar-refractivity contribution >= 4 is 22.6 Å². The highest BCUT2D eigenvalue weighted by atomic mass is 127. The van der Waals surface area contributed by atoms with Crippen molar-refractivity contribution in [2.45, 2.75) is 44.9 Å². The topological polar surface area (TPSA) is 27.1 Å². The number of hydrogen-bond donors (Lipinski definition) is 0. The van der Waals surface area contributed by atoms with E-state index in [-0.39, 0.29) is 6.10 Å². The number of hydrogen-bond acceptors (Lipinski definition) is 2. The molecule has 0 aromatic carbocycles. The van der Waals surface area contributed by atoms with Gasteiger partial charge >= 0.3 is 0 Å². The Morgan fingerprint density at radius 3 is 2.93 bits per heavy atom. The van der Waals surface area contributed by atoms with Crippen molar-refractivity contribution in [2.24, 2.45) is 0 Å². The van der Waals surface area contributed by atoms with Crippen LogP contribution >= 0.6 is 22.6 Å². The van der Waals surface area contributed by atoms with E-state index in [2.05, 4.69) is 47.7 Å². The molecule has 0 N–H and O–H groups in total. The fourth-order valence-electron chi connectivity index (χ4n) is 1.87. The fourth-order valence-corrected chi connectivity index (χ4v) is 2.51. The molecule has 0 saturated carbocycles. The molecule has 2 heterocycles. The lowest BCUT2D eigenvalue weighted by Crippen LogP contribution is -2.07. The van der Waals surface area contributed by atoms with Crippen molar-refractivity contribution in [3.63, 3.8) is 0 Å². The molecule has 0 aliphatic carbocycles. The Bertz CT molecular complexity index is 324. The predicted octanol–water partition coefficient (Wildman–Crippen LogP) is 3.12. The van der Waals surface area contributed by atoms with Gasteiger partial charge in [0, 0.05) is 22.2 Å². The average Bonchev–Trinajstić information content (AvgIpc) is 2.86. The summed E-state index contributed by atoms with van der Waals surface area (Å²) >= 11 is 2.39. The Hall–Kier alpha value is -0.100. The molecule has 2 unspecified atom stereocenters. The van der Waals surface area contributed by atoms with Crippen LogP contribution in [-0.2, 0) is 4.74 Å². The third-order valence-corrected chi connectivity index (χ3v) is 3.78. The fraction of sp³-hybridized carbons (Fsp3) is 0.727. The van der Waals surface area contributed by atoms with Gasteiger partial charge in [0.1, 0.15) is 0 Å². The number of aromatic nitrogens is 2. The van der Waals surface area contributed by atoms with Crippen molar-refractivity contribution in [3.05, 3.63) is 18.0 Å². The van der Waals surface area contributed by atoms with Crippen LogP contribution in [0.5, 0.6) is 0 Å². The van der Waals surface area contributed by atoms with Gasteiger partial charge < -0.3 is 4.74 Å². The Kier molecular flexibility index (Phi) is 3.66. The summed E-state index contributed by atoms with van der Waals surface area (Å²) in [5.41, 5.74) is 1.23. The first kappa shape index (κ1) is 11.4. The summed E-state index contributed by atoms with van der Waals surface area (Å²) in [5.74, 6) is 0. The summed E-state index contributed by atoms with van der Waals surface area (Å²) in [7, 11) is 0. The lowest BCUT2D eigenvalue weighted by molar-refractivity contribution is 0.0597. The first-order valence-electron chi connectivity index (χ1n) is 5.46. The second-order valence-electron chi connectivity index (χ2n) is 4.33. The molecule has 1 fully saturated rings. The maximum atomic E-state index is 5.93. The van der Waals surface area contributed by atoms with E-state index in [0.717, 1.165) is 10.8 Å². The van der Waals surface area contributed by atoms with Gasteiger partial charge in [-0.25, -0.2) is 0 Å². The minimum absolute atomic E-state index is 0.275. The van der Waals surface area contributed by atoms with Gasteiger partial charge in [-0.05, 0) is 26.7 Å². The second kappa shape index (κ2) is 4.82. The number of nitrogens with zero attached hydrogens (tertiary/aromatic N) is 2. The minimum atomic E-state index is 0.275. The molecule has 0 spiro atoms. The molecule has 1 aliphatic heterocycles. The van der Waals surface area contributed by atoms with E-state index in [0.29, 0.717) is 12.1 Å². The molecule has 1 aromatic rings. The van der Waals surface area contributed by atoms with Crippen LogP contribution in [0.2, 0.25) is 0 Å². The first-order valence-corrected chi connectivity index (χ1v) is 6.98. The van der Waals surface area contributed by atoms with Crippen LogP contribution in [0.4, 0.5) is 0 Å². The molecular weight excluding hydrogens is 303 g/mol. The Labute approximate surface area is 104 Å². The van der Waals surface area contributed by atoms with E-state index < -0.39 is 0 Å². The molecule has 4 heteroatoms. The minimum Gasteiger partial charge on any atom is -0.369 e. The molecular formula is C11H17IN2O. The standard InChI is InChI=1S/C11H17IN2O/c1-8(2)14-7-9(6-13-14)11-4-3-10(5-12)15-11/h6-8,10-11H,3-5H2,1-2H3. The zero-order valence-electron chi connectivity index (χ0n) is 9.19. The number of alkyl halides is 1. The van der Waals surface area contributed by atoms with Gasteiger partial charge in [-0.2, -0.15) is 5.10 Å². The Morgan fingerprint density at radius 2 is 2.40 bits per heavy atom. The SMILES string of the molecule is CC(C)n1cc(C2CCC(CI)O2)cn1. The van der Waals surface area contributed by atoms with E-state index in [1.165, 1.54) is 12.0 Å². The summed E-state index contributed by atoms with van der Waals surface area (Å²) in [6, 6.07) is 0.431. The summed E-state index contributed by atoms with van der Waals surface area (Å²) < 4.78 is 9.01. The molecule has 2 atom stereocenters. The highest BCUT2D eigenvalue weighted by Gasteiger charge is 2.26. The highest BCUT2D eigenvalue weighted by Crippen LogP contribution is 2.33. The molecule has 1 aliphatic rings. The van der Waals surface area contributed by atoms with Crippen LogP contribution in [0.25, 0.3) is 0 Å². The number of rotatable bonds is 3. The molecule has 1 aromatic heterocycles. The Balaban J connectivity index is 2.04. The maximum Gasteiger partial charge on any atom is 0.0860 e. The maximum absolute atomic E-state index is 5.93. The monoisotopic (exact) mass is 320 g/mol. The summed E-state index contributed by atoms with van der Waals surface area (Å²) in [5, 5.41) is 4.35. The molecule has 15 heavy (non-hydrogen) atoms. The molecule has 1 saturated heterocycles. The second-order valence-corrected chi connectivity index (χ2v) is 5.21. The van der Waals surface area contributed by atoms with Crippen LogP contribution in [0.1, 0.15) is 44.4 Å². The van der Waals surface area contributed by atoms with Crippen molar-refractivity contribution in [2.75, 3.05) is 4.43 Å². The van der Waals surface area contributed by atoms with Gasteiger partial charge in [0.2, 0.25) is 0 Å². The van der Waals surface area contributed by atoms with Gasteiger partial charge in [-0.15, -0.1) is 0 Å². The smallest absolute Gasteiger partial charge is 0.0860 e. The molecule has 3 nitrogen and oxygen atoms in total. The Morgan fingerprint density at radius 1 is 1.60 bits per heavy atom. The summed E-state index contributed by atoms with van der Waals surface area (Å²) in [6.07, 6.45) is 7.10. The average molecular weight is 320 g/mol. The van der Waals surface area contributed by atoms with Crippen LogP contribution in [0.3, 0.4) is 0 Å². The number of ether oxygens (including phenoxy) is 1. The molecule has 84 valence electrons. The molecule has 0 radical (unpaired) electrons. The van der Waals surface area contributed by atoms with Gasteiger partial charge in [0.15, 0.2) is 0 Å². The van der Waals surface area contributed by atoms with Gasteiger partial charge in [-0.3, -0.25) is 4.68 Å². The van der Waals surface area contributed by atoms with Crippen molar-refractivity contribution < 1.29 is 4.74 Å². The van der Waals surface area contributed by atoms with Crippen LogP contribution < -0.4 is 0 Å². The van der Waals surface area contributed by atoms with E-state index >= 15 is 0 Å². The molecule has 0 amide bonds. The third kappa shape index (κ3) is 2.53. The lowest BCUT2D eigenvalue weighted by Gasteiger charge is -2.09. The zero-order chi connectivity index (χ0) is 10.8. The van der Waals surface area contributed by atoms with Gasteiger partial charge in [-0.1, -0.05) is 22.6 Å². The first-order chi connectivity index (χ1) is 7.20. The lowest BCUT2D eigenvalue weighted by atomic mass is 10.1. The zero-order valence-corrected chi connectivity index (χ0v) is 11.3. The van der Waals surface area contributed by atoms with Crippen LogP contribution in [-0.4, -0.2) is 20.3 Å². The largest absolute Gasteiger partial charge is 0.369 e. The molecule has 0 bridgehead atoms. The van der Waals surface area contributed by atoms with Crippen molar-refractivity contribution in [1.82, 2.24) is 9.78 Å². The highest BCUT2D eigenvalue weighted by molar-refractivity contribution is 14.1. The van der Waals surface area contributed by atoms with E-state index in [1.807, 2.05) is 10.9 Å². The number of halogens is 1.